The van der Waals surface area contributed by atoms with Crippen LogP contribution in [0.3, 0.4) is 0 Å². The molecule has 0 saturated carbocycles. The van der Waals surface area contributed by atoms with Gasteiger partial charge < -0.3 is 14.2 Å². The summed E-state index contributed by atoms with van der Waals surface area (Å²) in [4.78, 5) is 16.7. The SMILES string of the molecule is CC(=C/c1ccc2c(c1)OCO2)/C=C1\N=C(c2ccc3ccccc3c2)OC1=O. The maximum atomic E-state index is 12.3. The van der Waals surface area contributed by atoms with E-state index in [1.54, 1.807) is 6.08 Å². The van der Waals surface area contributed by atoms with Gasteiger partial charge in [0.05, 0.1) is 0 Å². The minimum Gasteiger partial charge on any atom is -0.454 e. The Balaban J connectivity index is 1.43. The van der Waals surface area contributed by atoms with E-state index >= 15 is 0 Å². The Morgan fingerprint density at radius 1 is 0.966 bits per heavy atom. The number of esters is 1. The van der Waals surface area contributed by atoms with Crippen molar-refractivity contribution in [2.24, 2.45) is 4.99 Å². The second-order valence-corrected chi connectivity index (χ2v) is 6.90. The second-order valence-electron chi connectivity index (χ2n) is 6.90. The van der Waals surface area contributed by atoms with Gasteiger partial charge in [0, 0.05) is 5.56 Å². The number of nitrogens with zero attached hydrogens (tertiary/aromatic N) is 1. The van der Waals surface area contributed by atoms with E-state index in [-0.39, 0.29) is 12.5 Å². The van der Waals surface area contributed by atoms with Gasteiger partial charge in [0.2, 0.25) is 12.7 Å². The number of hydrogen-bond acceptors (Lipinski definition) is 5. The van der Waals surface area contributed by atoms with Crippen LogP contribution in [0.25, 0.3) is 16.8 Å². The van der Waals surface area contributed by atoms with Gasteiger partial charge in [-0.3, -0.25) is 0 Å². The van der Waals surface area contributed by atoms with E-state index in [2.05, 4.69) is 4.99 Å². The van der Waals surface area contributed by atoms with Crippen molar-refractivity contribution in [2.75, 3.05) is 6.79 Å². The molecule has 0 saturated heterocycles. The van der Waals surface area contributed by atoms with Crippen LogP contribution in [0.15, 0.2) is 83.0 Å². The lowest BCUT2D eigenvalue weighted by atomic mass is 10.1. The molecule has 0 bridgehead atoms. The quantitative estimate of drug-likeness (QED) is 0.479. The van der Waals surface area contributed by atoms with Gasteiger partial charge >= 0.3 is 5.97 Å². The fourth-order valence-electron chi connectivity index (χ4n) is 3.38. The third kappa shape index (κ3) is 3.38. The summed E-state index contributed by atoms with van der Waals surface area (Å²) in [5, 5.41) is 2.19. The number of benzene rings is 3. The van der Waals surface area contributed by atoms with E-state index in [9.17, 15) is 4.79 Å². The summed E-state index contributed by atoms with van der Waals surface area (Å²) < 4.78 is 16.1. The average Bonchev–Trinajstić information content (AvgIpc) is 3.34. The summed E-state index contributed by atoms with van der Waals surface area (Å²) in [5.74, 6) is 1.33. The highest BCUT2D eigenvalue weighted by molar-refractivity contribution is 6.12. The van der Waals surface area contributed by atoms with Gasteiger partial charge in [0.25, 0.3) is 0 Å². The largest absolute Gasteiger partial charge is 0.454 e. The van der Waals surface area contributed by atoms with Gasteiger partial charge in [-0.15, -0.1) is 0 Å². The van der Waals surface area contributed by atoms with Gasteiger partial charge in [0.15, 0.2) is 17.2 Å². The fraction of sp³-hybridized carbons (Fsp3) is 0.0833. The number of aliphatic imine (C=N–C) groups is 1. The predicted octanol–water partition coefficient (Wildman–Crippen LogP) is 4.86. The Kier molecular flexibility index (Phi) is 4.13. The molecule has 0 spiro atoms. The molecule has 0 radical (unpaired) electrons. The van der Waals surface area contributed by atoms with Crippen molar-refractivity contribution in [3.63, 3.8) is 0 Å². The normalized spacial score (nSPS) is 17.0. The van der Waals surface area contributed by atoms with Gasteiger partial charge in [-0.05, 0) is 59.2 Å². The molecule has 5 heteroatoms. The molecule has 0 aliphatic carbocycles. The zero-order valence-electron chi connectivity index (χ0n) is 15.7. The molecule has 0 N–H and O–H groups in total. The third-order valence-electron chi connectivity index (χ3n) is 4.77. The number of rotatable bonds is 3. The Labute approximate surface area is 167 Å². The molecule has 2 aliphatic rings. The van der Waals surface area contributed by atoms with Crippen molar-refractivity contribution in [3.8, 4) is 11.5 Å². The van der Waals surface area contributed by atoms with Gasteiger partial charge in [0.1, 0.15) is 0 Å². The topological polar surface area (TPSA) is 57.1 Å². The lowest BCUT2D eigenvalue weighted by Crippen LogP contribution is -2.05. The van der Waals surface area contributed by atoms with Crippen molar-refractivity contribution >= 4 is 28.7 Å². The first kappa shape index (κ1) is 17.3. The average molecular weight is 383 g/mol. The molecule has 0 fully saturated rings. The molecule has 142 valence electrons. The number of fused-ring (bicyclic) bond motifs is 2. The zero-order chi connectivity index (χ0) is 19.8. The molecule has 2 heterocycles. The minimum absolute atomic E-state index is 0.240. The Morgan fingerprint density at radius 3 is 2.69 bits per heavy atom. The van der Waals surface area contributed by atoms with Crippen molar-refractivity contribution in [1.29, 1.82) is 0 Å². The van der Waals surface area contributed by atoms with Crippen LogP contribution in [-0.4, -0.2) is 18.7 Å². The number of cyclic esters (lactones) is 1. The number of ether oxygens (including phenoxy) is 3. The Morgan fingerprint density at radius 2 is 1.79 bits per heavy atom. The molecule has 3 aromatic rings. The lowest BCUT2D eigenvalue weighted by molar-refractivity contribution is -0.130. The standard InChI is InChI=1S/C24H17NO4/c1-15(10-16-6-9-21-22(12-16)28-14-27-21)11-20-24(26)29-23(25-20)19-8-7-17-4-2-3-5-18(17)13-19/h2-13H,14H2,1H3/b15-10-,20-11-. The molecule has 2 aliphatic heterocycles. The van der Waals surface area contributed by atoms with Gasteiger partial charge in [-0.25, -0.2) is 9.79 Å². The minimum atomic E-state index is -0.452. The molecule has 5 nitrogen and oxygen atoms in total. The molecular weight excluding hydrogens is 366 g/mol. The molecule has 0 unspecified atom stereocenters. The summed E-state index contributed by atoms with van der Waals surface area (Å²) in [6, 6.07) is 19.6. The van der Waals surface area contributed by atoms with Crippen LogP contribution in [0, 0.1) is 0 Å². The Bertz CT molecular complexity index is 1240. The first-order chi connectivity index (χ1) is 14.2. The van der Waals surface area contributed by atoms with E-state index in [1.807, 2.05) is 73.7 Å². The second kappa shape index (κ2) is 6.95. The molecule has 0 atom stereocenters. The smallest absolute Gasteiger partial charge is 0.363 e. The maximum absolute atomic E-state index is 12.3. The summed E-state index contributed by atoms with van der Waals surface area (Å²) in [5.41, 5.74) is 2.88. The number of allylic oxidation sites excluding steroid dienone is 2. The van der Waals surface area contributed by atoms with Crippen LogP contribution in [0.5, 0.6) is 11.5 Å². The van der Waals surface area contributed by atoms with Crippen LogP contribution < -0.4 is 9.47 Å². The summed E-state index contributed by atoms with van der Waals surface area (Å²) in [6.07, 6.45) is 3.67. The van der Waals surface area contributed by atoms with Crippen LogP contribution in [0.4, 0.5) is 0 Å². The fourth-order valence-corrected chi connectivity index (χ4v) is 3.38. The first-order valence-corrected chi connectivity index (χ1v) is 9.25. The highest BCUT2D eigenvalue weighted by Crippen LogP contribution is 2.33. The van der Waals surface area contributed by atoms with E-state index in [4.69, 9.17) is 14.2 Å². The molecule has 0 amide bonds. The van der Waals surface area contributed by atoms with Crippen LogP contribution in [-0.2, 0) is 9.53 Å². The molecule has 3 aromatic carbocycles. The van der Waals surface area contributed by atoms with Crippen molar-refractivity contribution in [1.82, 2.24) is 0 Å². The number of hydrogen-bond donors (Lipinski definition) is 0. The van der Waals surface area contributed by atoms with Crippen LogP contribution in [0.2, 0.25) is 0 Å². The van der Waals surface area contributed by atoms with Gasteiger partial charge in [-0.2, -0.15) is 0 Å². The van der Waals surface area contributed by atoms with Crippen LogP contribution in [0.1, 0.15) is 18.1 Å². The third-order valence-corrected chi connectivity index (χ3v) is 4.77. The number of carbonyl (C=O) groups excluding carboxylic acids is 1. The lowest BCUT2D eigenvalue weighted by Gasteiger charge is -2.02. The number of carbonyl (C=O) groups is 1. The Hall–Kier alpha value is -3.86. The molecule has 5 rings (SSSR count). The van der Waals surface area contributed by atoms with E-state index in [0.717, 1.165) is 39.0 Å². The molecular formula is C24H17NO4. The molecule has 29 heavy (non-hydrogen) atoms. The first-order valence-electron chi connectivity index (χ1n) is 9.25. The summed E-state index contributed by atoms with van der Waals surface area (Å²) in [6.45, 7) is 2.15. The summed E-state index contributed by atoms with van der Waals surface area (Å²) >= 11 is 0. The van der Waals surface area contributed by atoms with E-state index in [0.29, 0.717) is 5.90 Å². The van der Waals surface area contributed by atoms with E-state index < -0.39 is 5.97 Å². The highest BCUT2D eigenvalue weighted by Gasteiger charge is 2.24. The van der Waals surface area contributed by atoms with E-state index in [1.165, 1.54) is 0 Å². The highest BCUT2D eigenvalue weighted by atomic mass is 16.7. The molecule has 0 aromatic heterocycles. The van der Waals surface area contributed by atoms with Crippen molar-refractivity contribution in [2.45, 2.75) is 6.92 Å². The zero-order valence-corrected chi connectivity index (χ0v) is 15.7. The van der Waals surface area contributed by atoms with Crippen molar-refractivity contribution in [3.05, 3.63) is 89.1 Å². The van der Waals surface area contributed by atoms with Crippen molar-refractivity contribution < 1.29 is 19.0 Å². The maximum Gasteiger partial charge on any atom is 0.363 e. The summed E-state index contributed by atoms with van der Waals surface area (Å²) in [7, 11) is 0. The monoisotopic (exact) mass is 383 g/mol. The van der Waals surface area contributed by atoms with Crippen LogP contribution >= 0.6 is 0 Å². The predicted molar refractivity (Wildman–Crippen MR) is 111 cm³/mol. The van der Waals surface area contributed by atoms with Gasteiger partial charge in [-0.1, -0.05) is 42.5 Å².